The largest absolute Gasteiger partial charge is 0.397 e. The molecule has 1 rings (SSSR count). The Morgan fingerprint density at radius 3 is 2.33 bits per heavy atom. The van der Waals surface area contributed by atoms with Crippen LogP contribution in [0.15, 0.2) is 17.0 Å². The van der Waals surface area contributed by atoms with Gasteiger partial charge in [0.2, 0.25) is 10.0 Å². The van der Waals surface area contributed by atoms with Crippen LogP contribution in [-0.2, 0) is 10.0 Å². The summed E-state index contributed by atoms with van der Waals surface area (Å²) in [5.41, 5.74) is 3.66. The number of nitro benzene ring substituents is 1. The summed E-state index contributed by atoms with van der Waals surface area (Å²) in [6, 6.07) is 0.913. The summed E-state index contributed by atoms with van der Waals surface area (Å²) in [4.78, 5) is 8.32. The van der Waals surface area contributed by atoms with Gasteiger partial charge in [-0.25, -0.2) is 17.5 Å². The zero-order valence-corrected chi connectivity index (χ0v) is 11.0. The first kappa shape index (κ1) is 17.1. The molecule has 21 heavy (non-hydrogen) atoms. The highest BCUT2D eigenvalue weighted by Gasteiger charge is 2.30. The van der Waals surface area contributed by atoms with E-state index in [1.54, 1.807) is 0 Å². The molecule has 1 aromatic rings. The van der Waals surface area contributed by atoms with Crippen LogP contribution in [0.2, 0.25) is 0 Å². The third kappa shape index (κ3) is 4.53. The molecule has 7 nitrogen and oxygen atoms in total. The number of sulfonamides is 1. The lowest BCUT2D eigenvalue weighted by Crippen LogP contribution is -2.29. The van der Waals surface area contributed by atoms with Gasteiger partial charge in [-0.05, 0) is 0 Å². The molecule has 118 valence electrons. The Morgan fingerprint density at radius 1 is 1.33 bits per heavy atom. The predicted octanol–water partition coefficient (Wildman–Crippen LogP) is 1.55. The Kier molecular flexibility index (Phi) is 4.73. The zero-order valence-electron chi connectivity index (χ0n) is 10.1. The maximum absolute atomic E-state index is 13.6. The van der Waals surface area contributed by atoms with E-state index in [-0.39, 0.29) is 0 Å². The van der Waals surface area contributed by atoms with Gasteiger partial charge in [-0.2, -0.15) is 13.2 Å². The van der Waals surface area contributed by atoms with Crippen LogP contribution in [0.4, 0.5) is 28.9 Å². The lowest BCUT2D eigenvalue weighted by atomic mass is 10.3. The monoisotopic (exact) mass is 331 g/mol. The van der Waals surface area contributed by atoms with Crippen LogP contribution >= 0.6 is 0 Å². The maximum Gasteiger partial charge on any atom is 0.390 e. The van der Waals surface area contributed by atoms with Crippen LogP contribution in [-0.4, -0.2) is 26.1 Å². The standard InChI is InChI=1S/C9H9F4N3O4S/c10-6-3-5(16(17)18)4-7(14)8(6)21(19,20)15-2-1-9(11,12)13/h3-4,15H,1-2,14H2. The van der Waals surface area contributed by atoms with Crippen molar-refractivity contribution in [1.29, 1.82) is 0 Å². The normalized spacial score (nSPS) is 12.4. The molecule has 3 N–H and O–H groups in total. The number of anilines is 1. The van der Waals surface area contributed by atoms with Crippen molar-refractivity contribution in [3.8, 4) is 0 Å². The molecule has 0 aliphatic carbocycles. The number of nitrogens with two attached hydrogens (primary N) is 1. The number of non-ortho nitro benzene ring substituents is 1. The van der Waals surface area contributed by atoms with Crippen molar-refractivity contribution in [2.75, 3.05) is 12.3 Å². The molecule has 1 aromatic carbocycles. The van der Waals surface area contributed by atoms with E-state index in [1.807, 2.05) is 0 Å². The minimum atomic E-state index is -4.66. The van der Waals surface area contributed by atoms with Crippen LogP contribution in [0.3, 0.4) is 0 Å². The van der Waals surface area contributed by atoms with Crippen molar-refractivity contribution in [3.05, 3.63) is 28.1 Å². The molecule has 0 saturated heterocycles. The molecule has 12 heteroatoms. The Morgan fingerprint density at radius 2 is 1.90 bits per heavy atom. The summed E-state index contributed by atoms with van der Waals surface area (Å²) in [5, 5.41) is 10.4. The van der Waals surface area contributed by atoms with Gasteiger partial charge in [0, 0.05) is 12.6 Å². The van der Waals surface area contributed by atoms with Gasteiger partial charge in [0.15, 0.2) is 5.82 Å². The second-order valence-corrected chi connectivity index (χ2v) is 5.57. The van der Waals surface area contributed by atoms with Crippen LogP contribution in [0.25, 0.3) is 0 Å². The molecular weight excluding hydrogens is 322 g/mol. The highest BCUT2D eigenvalue weighted by Crippen LogP contribution is 2.27. The van der Waals surface area contributed by atoms with Gasteiger partial charge in [0.05, 0.1) is 23.1 Å². The molecule has 0 fully saturated rings. The Balaban J connectivity index is 3.07. The molecule has 0 unspecified atom stereocenters. The van der Waals surface area contributed by atoms with Gasteiger partial charge in [0.25, 0.3) is 5.69 Å². The number of rotatable bonds is 5. The van der Waals surface area contributed by atoms with Gasteiger partial charge in [-0.15, -0.1) is 0 Å². The van der Waals surface area contributed by atoms with Gasteiger partial charge in [-0.1, -0.05) is 0 Å². The van der Waals surface area contributed by atoms with Gasteiger partial charge in [-0.3, -0.25) is 10.1 Å². The van der Waals surface area contributed by atoms with E-state index in [0.29, 0.717) is 12.1 Å². The number of hydrogen-bond donors (Lipinski definition) is 2. The van der Waals surface area contributed by atoms with E-state index in [2.05, 4.69) is 0 Å². The fourth-order valence-corrected chi connectivity index (χ4v) is 2.59. The number of nitrogen functional groups attached to an aromatic ring is 1. The second-order valence-electron chi connectivity index (χ2n) is 3.87. The second kappa shape index (κ2) is 5.81. The van der Waals surface area contributed by atoms with Crippen LogP contribution in [0.5, 0.6) is 0 Å². The van der Waals surface area contributed by atoms with E-state index < -0.39 is 56.2 Å². The SMILES string of the molecule is Nc1cc([N+](=O)[O-])cc(F)c1S(=O)(=O)NCCC(F)(F)F. The van der Waals surface area contributed by atoms with E-state index >= 15 is 0 Å². The van der Waals surface area contributed by atoms with Crippen molar-refractivity contribution in [2.45, 2.75) is 17.5 Å². The Bertz CT molecular complexity index is 636. The molecule has 0 aromatic heterocycles. The van der Waals surface area contributed by atoms with E-state index in [9.17, 15) is 36.1 Å². The lowest BCUT2D eigenvalue weighted by molar-refractivity contribution is -0.385. The summed E-state index contributed by atoms with van der Waals surface area (Å²) in [6.07, 6.45) is -6.05. The minimum absolute atomic E-state index is 0.314. The predicted molar refractivity (Wildman–Crippen MR) is 63.3 cm³/mol. The lowest BCUT2D eigenvalue weighted by Gasteiger charge is -2.11. The summed E-state index contributed by atoms with van der Waals surface area (Å²) in [7, 11) is -4.66. The fraction of sp³-hybridized carbons (Fsp3) is 0.333. The third-order valence-electron chi connectivity index (χ3n) is 2.24. The summed E-state index contributed by atoms with van der Waals surface area (Å²) < 4.78 is 74.2. The van der Waals surface area contributed by atoms with Gasteiger partial charge < -0.3 is 5.73 Å². The Labute approximate surface area is 115 Å². The highest BCUT2D eigenvalue weighted by molar-refractivity contribution is 7.89. The summed E-state index contributed by atoms with van der Waals surface area (Å²) in [6.45, 7) is -1.01. The van der Waals surface area contributed by atoms with Gasteiger partial charge >= 0.3 is 6.18 Å². The number of hydrogen-bond acceptors (Lipinski definition) is 5. The molecule has 0 spiro atoms. The highest BCUT2D eigenvalue weighted by atomic mass is 32.2. The zero-order chi connectivity index (χ0) is 16.4. The fourth-order valence-electron chi connectivity index (χ4n) is 1.39. The van der Waals surface area contributed by atoms with Crippen molar-refractivity contribution in [1.82, 2.24) is 4.72 Å². The number of nitro groups is 1. The number of nitrogens with zero attached hydrogens (tertiary/aromatic N) is 1. The van der Waals surface area contributed by atoms with Crippen molar-refractivity contribution >= 4 is 21.4 Å². The molecular formula is C9H9F4N3O4S. The van der Waals surface area contributed by atoms with Crippen LogP contribution in [0.1, 0.15) is 6.42 Å². The maximum atomic E-state index is 13.6. The first-order valence-electron chi connectivity index (χ1n) is 5.24. The smallest absolute Gasteiger partial charge is 0.390 e. The Hall–Kier alpha value is -1.95. The van der Waals surface area contributed by atoms with Crippen molar-refractivity contribution < 1.29 is 30.9 Å². The molecule has 0 atom stereocenters. The molecule has 0 radical (unpaired) electrons. The summed E-state index contributed by atoms with van der Waals surface area (Å²) in [5.74, 6) is -1.53. The first-order chi connectivity index (χ1) is 9.44. The molecule has 0 heterocycles. The number of nitrogens with one attached hydrogen (secondary N) is 1. The minimum Gasteiger partial charge on any atom is -0.397 e. The first-order valence-corrected chi connectivity index (χ1v) is 6.72. The van der Waals surface area contributed by atoms with E-state index in [4.69, 9.17) is 5.73 Å². The van der Waals surface area contributed by atoms with Crippen LogP contribution < -0.4 is 10.5 Å². The number of benzene rings is 1. The van der Waals surface area contributed by atoms with Crippen molar-refractivity contribution in [3.63, 3.8) is 0 Å². The van der Waals surface area contributed by atoms with E-state index in [1.165, 1.54) is 4.72 Å². The van der Waals surface area contributed by atoms with Gasteiger partial charge in [0.1, 0.15) is 4.90 Å². The quantitative estimate of drug-likeness (QED) is 0.367. The average Bonchev–Trinajstić information content (AvgIpc) is 2.24. The average molecular weight is 331 g/mol. The van der Waals surface area contributed by atoms with Crippen molar-refractivity contribution in [2.24, 2.45) is 0 Å². The molecule has 0 saturated carbocycles. The molecule has 0 aliphatic rings. The van der Waals surface area contributed by atoms with E-state index in [0.717, 1.165) is 0 Å². The topological polar surface area (TPSA) is 115 Å². The number of alkyl halides is 3. The molecule has 0 amide bonds. The number of halogens is 4. The third-order valence-corrected chi connectivity index (χ3v) is 3.79. The summed E-state index contributed by atoms with van der Waals surface area (Å²) >= 11 is 0. The van der Waals surface area contributed by atoms with Crippen LogP contribution in [0, 0.1) is 15.9 Å². The molecule has 0 aliphatic heterocycles. The molecule has 0 bridgehead atoms.